The molecule has 0 aliphatic rings. The highest BCUT2D eigenvalue weighted by Crippen LogP contribution is 2.28. The molecule has 0 bridgehead atoms. The molecule has 0 saturated heterocycles. The third kappa shape index (κ3) is 2.75. The summed E-state index contributed by atoms with van der Waals surface area (Å²) in [5.74, 6) is 2.71. The van der Waals surface area contributed by atoms with Crippen molar-refractivity contribution >= 4 is 16.8 Å². The molecule has 0 unspecified atom stereocenters. The maximum atomic E-state index is 5.90. The first kappa shape index (κ1) is 13.6. The molecule has 0 fully saturated rings. The molecule has 4 heteroatoms. The second kappa shape index (κ2) is 5.56. The van der Waals surface area contributed by atoms with Crippen LogP contribution in [0.4, 0.5) is 5.82 Å². The maximum Gasteiger partial charge on any atom is 0.154 e. The summed E-state index contributed by atoms with van der Waals surface area (Å²) in [5, 5.41) is 4.34. The molecule has 21 heavy (non-hydrogen) atoms. The van der Waals surface area contributed by atoms with E-state index in [2.05, 4.69) is 36.1 Å². The Balaban J connectivity index is 2.11. The summed E-state index contributed by atoms with van der Waals surface area (Å²) in [6, 6.07) is 11.9. The van der Waals surface area contributed by atoms with E-state index in [0.29, 0.717) is 0 Å². The molecule has 108 valence electrons. The first-order chi connectivity index (χ1) is 10.2. The number of para-hydroxylation sites is 1. The van der Waals surface area contributed by atoms with Crippen molar-refractivity contribution in [2.45, 2.75) is 26.7 Å². The van der Waals surface area contributed by atoms with Gasteiger partial charge in [-0.3, -0.25) is 0 Å². The lowest BCUT2D eigenvalue weighted by atomic mass is 10.2. The molecule has 2 heterocycles. The van der Waals surface area contributed by atoms with Crippen LogP contribution in [0.3, 0.4) is 0 Å². The predicted molar refractivity (Wildman–Crippen MR) is 85.5 cm³/mol. The lowest BCUT2D eigenvalue weighted by Crippen LogP contribution is -2.05. The summed E-state index contributed by atoms with van der Waals surface area (Å²) in [4.78, 5) is 9.17. The van der Waals surface area contributed by atoms with Crippen LogP contribution in [0, 0.1) is 0 Å². The summed E-state index contributed by atoms with van der Waals surface area (Å²) >= 11 is 0. The maximum absolute atomic E-state index is 5.90. The minimum atomic E-state index is 0.270. The van der Waals surface area contributed by atoms with Crippen LogP contribution < -0.4 is 5.32 Å². The van der Waals surface area contributed by atoms with Crippen molar-refractivity contribution in [1.82, 2.24) is 9.97 Å². The van der Waals surface area contributed by atoms with Gasteiger partial charge < -0.3 is 9.73 Å². The SMILES string of the molecule is CCNc1cc(-c2cc3ccccc3o2)nc(C(C)C)n1. The predicted octanol–water partition coefficient (Wildman–Crippen LogP) is 4.45. The van der Waals surface area contributed by atoms with E-state index in [9.17, 15) is 0 Å². The first-order valence-corrected chi connectivity index (χ1v) is 7.29. The number of hydrogen-bond acceptors (Lipinski definition) is 4. The Morgan fingerprint density at radius 1 is 1.14 bits per heavy atom. The number of fused-ring (bicyclic) bond motifs is 1. The largest absolute Gasteiger partial charge is 0.454 e. The first-order valence-electron chi connectivity index (χ1n) is 7.29. The number of hydrogen-bond donors (Lipinski definition) is 1. The second-order valence-corrected chi connectivity index (χ2v) is 5.33. The Bertz CT molecular complexity index is 729. The van der Waals surface area contributed by atoms with E-state index >= 15 is 0 Å². The van der Waals surface area contributed by atoms with Crippen LogP contribution in [-0.4, -0.2) is 16.5 Å². The van der Waals surface area contributed by atoms with Crippen LogP contribution in [0.1, 0.15) is 32.5 Å². The van der Waals surface area contributed by atoms with Crippen molar-refractivity contribution in [2.24, 2.45) is 0 Å². The van der Waals surface area contributed by atoms with Crippen LogP contribution in [0.25, 0.3) is 22.4 Å². The van der Waals surface area contributed by atoms with Gasteiger partial charge in [0, 0.05) is 23.9 Å². The highest BCUT2D eigenvalue weighted by atomic mass is 16.3. The van der Waals surface area contributed by atoms with Gasteiger partial charge in [-0.05, 0) is 19.1 Å². The number of aromatic nitrogens is 2. The van der Waals surface area contributed by atoms with E-state index in [1.165, 1.54) is 0 Å². The van der Waals surface area contributed by atoms with E-state index in [0.717, 1.165) is 40.6 Å². The average Bonchev–Trinajstić information content (AvgIpc) is 2.91. The highest BCUT2D eigenvalue weighted by molar-refractivity contribution is 5.82. The molecular formula is C17H19N3O. The molecule has 2 aromatic heterocycles. The number of nitrogens with one attached hydrogen (secondary N) is 1. The molecule has 0 aliphatic carbocycles. The Labute approximate surface area is 124 Å². The van der Waals surface area contributed by atoms with E-state index in [1.807, 2.05) is 36.4 Å². The standard InChI is InChI=1S/C17H19N3O/c1-4-18-16-10-13(19-17(20-16)11(2)3)15-9-12-7-5-6-8-14(12)21-15/h5-11H,4H2,1-3H3,(H,18,19,20). The van der Waals surface area contributed by atoms with Gasteiger partial charge in [0.1, 0.15) is 22.9 Å². The van der Waals surface area contributed by atoms with Crippen molar-refractivity contribution in [1.29, 1.82) is 0 Å². The van der Waals surface area contributed by atoms with Crippen molar-refractivity contribution in [3.63, 3.8) is 0 Å². The molecule has 0 spiro atoms. The summed E-state index contributed by atoms with van der Waals surface area (Å²) in [6.45, 7) is 7.06. The summed E-state index contributed by atoms with van der Waals surface area (Å²) < 4.78 is 5.90. The molecule has 4 nitrogen and oxygen atoms in total. The number of nitrogens with zero attached hydrogens (tertiary/aromatic N) is 2. The highest BCUT2D eigenvalue weighted by Gasteiger charge is 2.12. The van der Waals surface area contributed by atoms with E-state index in [-0.39, 0.29) is 5.92 Å². The molecule has 0 saturated carbocycles. The lowest BCUT2D eigenvalue weighted by molar-refractivity contribution is 0.626. The van der Waals surface area contributed by atoms with Crippen molar-refractivity contribution in [3.05, 3.63) is 42.2 Å². The van der Waals surface area contributed by atoms with Gasteiger partial charge in [0.25, 0.3) is 0 Å². The van der Waals surface area contributed by atoms with Crippen molar-refractivity contribution in [3.8, 4) is 11.5 Å². The molecule has 0 amide bonds. The topological polar surface area (TPSA) is 51.0 Å². The Morgan fingerprint density at radius 3 is 2.67 bits per heavy atom. The fourth-order valence-corrected chi connectivity index (χ4v) is 2.23. The Morgan fingerprint density at radius 2 is 1.95 bits per heavy atom. The second-order valence-electron chi connectivity index (χ2n) is 5.33. The van der Waals surface area contributed by atoms with Crippen LogP contribution in [0.15, 0.2) is 40.8 Å². The average molecular weight is 281 g/mol. The smallest absolute Gasteiger partial charge is 0.154 e. The summed E-state index contributed by atoms with van der Waals surface area (Å²) in [7, 11) is 0. The minimum Gasteiger partial charge on any atom is -0.454 e. The van der Waals surface area contributed by atoms with Gasteiger partial charge in [-0.1, -0.05) is 32.0 Å². The van der Waals surface area contributed by atoms with Gasteiger partial charge in [-0.25, -0.2) is 9.97 Å². The van der Waals surface area contributed by atoms with Gasteiger partial charge in [0.15, 0.2) is 5.76 Å². The zero-order valence-electron chi connectivity index (χ0n) is 12.6. The minimum absolute atomic E-state index is 0.270. The van der Waals surface area contributed by atoms with Gasteiger partial charge in [-0.15, -0.1) is 0 Å². The van der Waals surface area contributed by atoms with Gasteiger partial charge in [0.2, 0.25) is 0 Å². The molecular weight excluding hydrogens is 262 g/mol. The zero-order valence-corrected chi connectivity index (χ0v) is 12.6. The molecule has 1 N–H and O–H groups in total. The quantitative estimate of drug-likeness (QED) is 0.767. The normalized spacial score (nSPS) is 11.2. The zero-order chi connectivity index (χ0) is 14.8. The molecule has 0 atom stereocenters. The van der Waals surface area contributed by atoms with E-state index < -0.39 is 0 Å². The summed E-state index contributed by atoms with van der Waals surface area (Å²) in [6.07, 6.45) is 0. The van der Waals surface area contributed by atoms with E-state index in [4.69, 9.17) is 4.42 Å². The number of benzene rings is 1. The third-order valence-electron chi connectivity index (χ3n) is 3.30. The number of anilines is 1. The molecule has 0 radical (unpaired) electrons. The van der Waals surface area contributed by atoms with Crippen LogP contribution in [-0.2, 0) is 0 Å². The lowest BCUT2D eigenvalue weighted by Gasteiger charge is -2.09. The fourth-order valence-electron chi connectivity index (χ4n) is 2.23. The number of furan rings is 1. The van der Waals surface area contributed by atoms with Crippen LogP contribution >= 0.6 is 0 Å². The Hall–Kier alpha value is -2.36. The van der Waals surface area contributed by atoms with Crippen molar-refractivity contribution in [2.75, 3.05) is 11.9 Å². The van der Waals surface area contributed by atoms with Gasteiger partial charge in [0.05, 0.1) is 0 Å². The summed E-state index contributed by atoms with van der Waals surface area (Å²) in [5.41, 5.74) is 1.70. The Kier molecular flexibility index (Phi) is 3.60. The molecule has 3 aromatic rings. The fraction of sp³-hybridized carbons (Fsp3) is 0.294. The monoisotopic (exact) mass is 281 g/mol. The van der Waals surface area contributed by atoms with Crippen LogP contribution in [0.5, 0.6) is 0 Å². The molecule has 1 aromatic carbocycles. The van der Waals surface area contributed by atoms with Gasteiger partial charge >= 0.3 is 0 Å². The van der Waals surface area contributed by atoms with E-state index in [1.54, 1.807) is 0 Å². The molecule has 0 aliphatic heterocycles. The van der Waals surface area contributed by atoms with Crippen molar-refractivity contribution < 1.29 is 4.42 Å². The molecule has 3 rings (SSSR count). The third-order valence-corrected chi connectivity index (χ3v) is 3.30. The van der Waals surface area contributed by atoms with Gasteiger partial charge in [-0.2, -0.15) is 0 Å². The number of rotatable bonds is 4. The van der Waals surface area contributed by atoms with Crippen LogP contribution in [0.2, 0.25) is 0 Å².